The fraction of sp³-hybridized carbons (Fsp3) is 0.304. The normalized spacial score (nSPS) is 15.1. The van der Waals surface area contributed by atoms with Crippen LogP contribution in [0.25, 0.3) is 0 Å². The summed E-state index contributed by atoms with van der Waals surface area (Å²) in [6.07, 6.45) is 0.943. The lowest BCUT2D eigenvalue weighted by atomic mass is 10.2. The van der Waals surface area contributed by atoms with Gasteiger partial charge in [0.25, 0.3) is 0 Å². The second-order valence-corrected chi connectivity index (χ2v) is 10.7. The fourth-order valence-corrected chi connectivity index (χ4v) is 6.11. The highest BCUT2D eigenvalue weighted by molar-refractivity contribution is 7.89. The first-order valence-electron chi connectivity index (χ1n) is 10.4. The molecule has 0 saturated carbocycles. The van der Waals surface area contributed by atoms with Crippen molar-refractivity contribution in [3.63, 3.8) is 0 Å². The van der Waals surface area contributed by atoms with E-state index < -0.39 is 10.0 Å². The lowest BCUT2D eigenvalue weighted by Gasteiger charge is -2.34. The SMILES string of the molecule is Cc1ccc(O)c(S(=O)(=O)N2CCN(C(=O)Cc3csc(Cc4ccccc4)n3)CC2)c1. The molecular weight excluding hydrogens is 446 g/mol. The van der Waals surface area contributed by atoms with Crippen molar-refractivity contribution in [2.24, 2.45) is 0 Å². The van der Waals surface area contributed by atoms with E-state index in [4.69, 9.17) is 0 Å². The van der Waals surface area contributed by atoms with Crippen molar-refractivity contribution in [3.05, 3.63) is 75.7 Å². The molecule has 4 rings (SSSR count). The van der Waals surface area contributed by atoms with Crippen LogP contribution in [-0.4, -0.2) is 59.8 Å². The second-order valence-electron chi connectivity index (χ2n) is 7.83. The molecule has 0 bridgehead atoms. The number of piperazine rings is 1. The average Bonchev–Trinajstić information content (AvgIpc) is 3.22. The zero-order valence-corrected chi connectivity index (χ0v) is 19.4. The van der Waals surface area contributed by atoms with Crippen LogP contribution in [0.2, 0.25) is 0 Å². The number of aromatic nitrogens is 1. The number of amides is 1. The molecule has 1 saturated heterocycles. The number of aryl methyl sites for hydroxylation is 1. The molecule has 1 amide bonds. The molecule has 2 aromatic carbocycles. The molecule has 1 aromatic heterocycles. The first kappa shape index (κ1) is 22.4. The lowest BCUT2D eigenvalue weighted by Crippen LogP contribution is -2.50. The van der Waals surface area contributed by atoms with E-state index in [-0.39, 0.29) is 36.1 Å². The fourth-order valence-electron chi connectivity index (χ4n) is 3.69. The molecule has 1 aliphatic heterocycles. The van der Waals surface area contributed by atoms with E-state index >= 15 is 0 Å². The highest BCUT2D eigenvalue weighted by atomic mass is 32.2. The minimum absolute atomic E-state index is 0.0583. The summed E-state index contributed by atoms with van der Waals surface area (Å²) in [6, 6.07) is 14.6. The molecule has 3 aromatic rings. The van der Waals surface area contributed by atoms with Gasteiger partial charge in [0.05, 0.1) is 17.1 Å². The third kappa shape index (κ3) is 5.01. The molecule has 1 aliphatic rings. The van der Waals surface area contributed by atoms with E-state index in [1.807, 2.05) is 23.6 Å². The molecule has 1 N–H and O–H groups in total. The molecule has 9 heteroatoms. The number of sulfonamides is 1. The number of thiazole rings is 1. The van der Waals surface area contributed by atoms with Gasteiger partial charge in [-0.25, -0.2) is 13.4 Å². The highest BCUT2D eigenvalue weighted by Gasteiger charge is 2.32. The topological polar surface area (TPSA) is 90.8 Å². The van der Waals surface area contributed by atoms with Crippen LogP contribution in [0, 0.1) is 6.92 Å². The van der Waals surface area contributed by atoms with E-state index in [0.29, 0.717) is 13.1 Å². The molecule has 0 unspecified atom stereocenters. The number of benzene rings is 2. The predicted octanol–water partition coefficient (Wildman–Crippen LogP) is 2.82. The number of hydrogen-bond acceptors (Lipinski definition) is 6. The summed E-state index contributed by atoms with van der Waals surface area (Å²) in [5, 5.41) is 12.9. The number of phenols is 1. The summed E-state index contributed by atoms with van der Waals surface area (Å²) in [5.41, 5.74) is 2.67. The van der Waals surface area contributed by atoms with Crippen molar-refractivity contribution >= 4 is 27.3 Å². The van der Waals surface area contributed by atoms with Gasteiger partial charge in [0.15, 0.2) is 0 Å². The van der Waals surface area contributed by atoms with E-state index in [2.05, 4.69) is 17.1 Å². The van der Waals surface area contributed by atoms with E-state index in [0.717, 1.165) is 22.7 Å². The summed E-state index contributed by atoms with van der Waals surface area (Å²) >= 11 is 1.54. The zero-order chi connectivity index (χ0) is 22.7. The van der Waals surface area contributed by atoms with Crippen molar-refractivity contribution in [3.8, 4) is 5.75 Å². The van der Waals surface area contributed by atoms with Crippen LogP contribution in [0.15, 0.2) is 58.8 Å². The molecule has 0 radical (unpaired) electrons. The van der Waals surface area contributed by atoms with Crippen molar-refractivity contribution in [1.82, 2.24) is 14.2 Å². The molecule has 168 valence electrons. The van der Waals surface area contributed by atoms with Gasteiger partial charge in [-0.15, -0.1) is 11.3 Å². The van der Waals surface area contributed by atoms with Crippen LogP contribution < -0.4 is 0 Å². The monoisotopic (exact) mass is 471 g/mol. The Balaban J connectivity index is 1.34. The summed E-state index contributed by atoms with van der Waals surface area (Å²) in [7, 11) is -3.81. The molecule has 32 heavy (non-hydrogen) atoms. The third-order valence-corrected chi connectivity index (χ3v) is 8.28. The zero-order valence-electron chi connectivity index (χ0n) is 17.8. The van der Waals surface area contributed by atoms with Crippen LogP contribution in [0.4, 0.5) is 0 Å². The van der Waals surface area contributed by atoms with Crippen molar-refractivity contribution in [2.75, 3.05) is 26.2 Å². The minimum Gasteiger partial charge on any atom is -0.507 e. The van der Waals surface area contributed by atoms with E-state index in [1.165, 1.54) is 22.0 Å². The molecule has 2 heterocycles. The van der Waals surface area contributed by atoms with Gasteiger partial charge in [-0.05, 0) is 30.2 Å². The van der Waals surface area contributed by atoms with Crippen LogP contribution in [0.5, 0.6) is 5.75 Å². The molecule has 1 fully saturated rings. The van der Waals surface area contributed by atoms with Crippen molar-refractivity contribution in [1.29, 1.82) is 0 Å². The number of carbonyl (C=O) groups is 1. The average molecular weight is 472 g/mol. The van der Waals surface area contributed by atoms with Gasteiger partial charge in [0.2, 0.25) is 15.9 Å². The van der Waals surface area contributed by atoms with Crippen LogP contribution in [0.1, 0.15) is 21.8 Å². The molecule has 0 atom stereocenters. The smallest absolute Gasteiger partial charge is 0.246 e. The second kappa shape index (κ2) is 9.40. The van der Waals surface area contributed by atoms with Crippen molar-refractivity contribution in [2.45, 2.75) is 24.7 Å². The first-order chi connectivity index (χ1) is 15.3. The Morgan fingerprint density at radius 3 is 2.53 bits per heavy atom. The lowest BCUT2D eigenvalue weighted by molar-refractivity contribution is -0.131. The highest BCUT2D eigenvalue weighted by Crippen LogP contribution is 2.27. The molecule has 7 nitrogen and oxygen atoms in total. The number of hydrogen-bond donors (Lipinski definition) is 1. The van der Waals surface area contributed by atoms with Crippen LogP contribution in [-0.2, 0) is 27.7 Å². The summed E-state index contributed by atoms with van der Waals surface area (Å²) < 4.78 is 27.2. The standard InChI is InChI=1S/C23H25N3O4S2/c1-17-7-8-20(27)21(13-17)32(29,30)26-11-9-25(10-12-26)23(28)15-19-16-31-22(24-19)14-18-5-3-2-4-6-18/h2-8,13,16,27H,9-12,14-15H2,1H3. The van der Waals surface area contributed by atoms with Gasteiger partial charge >= 0.3 is 0 Å². The third-order valence-electron chi connectivity index (χ3n) is 5.45. The first-order valence-corrected chi connectivity index (χ1v) is 12.7. The van der Waals surface area contributed by atoms with E-state index in [1.54, 1.807) is 29.2 Å². The van der Waals surface area contributed by atoms with Crippen molar-refractivity contribution < 1.29 is 18.3 Å². The number of aromatic hydroxyl groups is 1. The van der Waals surface area contributed by atoms with Gasteiger partial charge in [-0.2, -0.15) is 4.31 Å². The van der Waals surface area contributed by atoms with Crippen LogP contribution in [0.3, 0.4) is 0 Å². The largest absolute Gasteiger partial charge is 0.507 e. The minimum atomic E-state index is -3.81. The number of rotatable bonds is 6. The Morgan fingerprint density at radius 2 is 1.81 bits per heavy atom. The predicted molar refractivity (Wildman–Crippen MR) is 123 cm³/mol. The maximum Gasteiger partial charge on any atom is 0.246 e. The van der Waals surface area contributed by atoms with Gasteiger partial charge in [-0.1, -0.05) is 36.4 Å². The maximum absolute atomic E-state index is 12.9. The maximum atomic E-state index is 12.9. The summed E-state index contributed by atoms with van der Waals surface area (Å²) in [6.45, 7) is 2.78. The molecular formula is C23H25N3O4S2. The number of carbonyl (C=O) groups excluding carboxylic acids is 1. The van der Waals surface area contributed by atoms with Crippen LogP contribution >= 0.6 is 11.3 Å². The Hall–Kier alpha value is -2.75. The Labute approximate surface area is 192 Å². The van der Waals surface area contributed by atoms with Gasteiger partial charge in [0.1, 0.15) is 10.6 Å². The Kier molecular flexibility index (Phi) is 6.59. The Bertz CT molecular complexity index is 1200. The summed E-state index contributed by atoms with van der Waals surface area (Å²) in [5.74, 6) is -0.319. The van der Waals surface area contributed by atoms with E-state index in [9.17, 15) is 18.3 Å². The quantitative estimate of drug-likeness (QED) is 0.597. The Morgan fingerprint density at radius 1 is 1.09 bits per heavy atom. The molecule has 0 spiro atoms. The summed E-state index contributed by atoms with van der Waals surface area (Å²) in [4.78, 5) is 18.9. The number of nitrogens with zero attached hydrogens (tertiary/aromatic N) is 3. The van der Waals surface area contributed by atoms with Gasteiger partial charge in [-0.3, -0.25) is 4.79 Å². The van der Waals surface area contributed by atoms with Gasteiger partial charge in [0, 0.05) is 38.0 Å². The number of phenolic OH excluding ortho intramolecular Hbond substituents is 1. The van der Waals surface area contributed by atoms with Gasteiger partial charge < -0.3 is 10.0 Å². The molecule has 0 aliphatic carbocycles.